The summed E-state index contributed by atoms with van der Waals surface area (Å²) in [6.07, 6.45) is 4.46. The molecule has 3 atom stereocenters. The van der Waals surface area contributed by atoms with E-state index >= 15 is 0 Å². The zero-order chi connectivity index (χ0) is 13.3. The molecule has 7 heteroatoms. The van der Waals surface area contributed by atoms with Crippen LogP contribution in [0.2, 0.25) is 0 Å². The van der Waals surface area contributed by atoms with Crippen molar-refractivity contribution in [2.24, 2.45) is 0 Å². The average molecular weight is 251 g/mol. The van der Waals surface area contributed by atoms with Crippen LogP contribution >= 0.6 is 0 Å². The van der Waals surface area contributed by atoms with E-state index in [2.05, 4.69) is 10.9 Å². The number of hydrogen-bond donors (Lipinski definition) is 3. The van der Waals surface area contributed by atoms with Gasteiger partial charge in [-0.05, 0) is 0 Å². The fraction of sp³-hybridized carbons (Fsp3) is 0.455. The minimum Gasteiger partial charge on any atom is -0.394 e. The number of aliphatic hydroxyl groups is 2. The normalized spacial score (nSPS) is 27.1. The Morgan fingerprint density at radius 1 is 1.72 bits per heavy atom. The van der Waals surface area contributed by atoms with Gasteiger partial charge >= 0.3 is 5.69 Å². The average Bonchev–Trinajstić information content (AvgIpc) is 2.71. The third-order valence-corrected chi connectivity index (χ3v) is 2.78. The first kappa shape index (κ1) is 12.6. The lowest BCUT2D eigenvalue weighted by Crippen LogP contribution is -2.32. The number of nitrogens with two attached hydrogens (primary N) is 1. The summed E-state index contributed by atoms with van der Waals surface area (Å²) in [7, 11) is 0. The summed E-state index contributed by atoms with van der Waals surface area (Å²) in [5, 5.41) is 18.8. The van der Waals surface area contributed by atoms with Gasteiger partial charge in [-0.15, -0.1) is 6.42 Å². The zero-order valence-corrected chi connectivity index (χ0v) is 9.48. The van der Waals surface area contributed by atoms with Crippen molar-refractivity contribution in [3.05, 3.63) is 22.2 Å². The van der Waals surface area contributed by atoms with Gasteiger partial charge in [0.15, 0.2) is 6.23 Å². The molecule has 2 rings (SSSR count). The maximum absolute atomic E-state index is 11.7. The molecule has 18 heavy (non-hydrogen) atoms. The van der Waals surface area contributed by atoms with Gasteiger partial charge in [-0.25, -0.2) is 4.79 Å². The first-order valence-electron chi connectivity index (χ1n) is 5.36. The molecule has 0 spiro atoms. The molecule has 1 aliphatic heterocycles. The summed E-state index contributed by atoms with van der Waals surface area (Å²) < 4.78 is 6.43. The van der Waals surface area contributed by atoms with Crippen LogP contribution in [-0.2, 0) is 4.74 Å². The molecule has 0 aliphatic carbocycles. The third kappa shape index (κ3) is 2.09. The van der Waals surface area contributed by atoms with Gasteiger partial charge in [0.25, 0.3) is 0 Å². The molecular formula is C11H13N3O4. The highest BCUT2D eigenvalue weighted by Gasteiger charge is 2.35. The second-order valence-electron chi connectivity index (χ2n) is 4.01. The molecule has 7 nitrogen and oxygen atoms in total. The van der Waals surface area contributed by atoms with Crippen molar-refractivity contribution in [3.8, 4) is 12.3 Å². The van der Waals surface area contributed by atoms with Crippen LogP contribution in [0.1, 0.15) is 18.2 Å². The summed E-state index contributed by atoms with van der Waals surface area (Å²) in [5.74, 6) is 2.26. The Kier molecular flexibility index (Phi) is 3.34. The highest BCUT2D eigenvalue weighted by Crippen LogP contribution is 2.27. The van der Waals surface area contributed by atoms with Crippen molar-refractivity contribution in [1.29, 1.82) is 0 Å². The smallest absolute Gasteiger partial charge is 0.351 e. The minimum atomic E-state index is -0.908. The van der Waals surface area contributed by atoms with Crippen LogP contribution in [0, 0.1) is 12.3 Å². The summed E-state index contributed by atoms with van der Waals surface area (Å²) in [4.78, 5) is 15.2. The Hall–Kier alpha value is -1.88. The topological polar surface area (TPSA) is 111 Å². The second kappa shape index (κ2) is 4.78. The number of nitrogens with zero attached hydrogens (tertiary/aromatic N) is 2. The molecule has 1 aromatic rings. The number of aromatic nitrogens is 2. The van der Waals surface area contributed by atoms with Crippen LogP contribution in [0.3, 0.4) is 0 Å². The highest BCUT2D eigenvalue weighted by molar-refractivity contribution is 5.47. The molecule has 0 bridgehead atoms. The van der Waals surface area contributed by atoms with Crippen LogP contribution in [0.15, 0.2) is 11.0 Å². The van der Waals surface area contributed by atoms with Crippen molar-refractivity contribution in [1.82, 2.24) is 9.55 Å². The van der Waals surface area contributed by atoms with Gasteiger partial charge in [0.2, 0.25) is 0 Å². The molecular weight excluding hydrogens is 238 g/mol. The van der Waals surface area contributed by atoms with E-state index in [1.807, 2.05) is 0 Å². The van der Waals surface area contributed by atoms with Crippen LogP contribution < -0.4 is 11.4 Å². The highest BCUT2D eigenvalue weighted by atomic mass is 16.5. The number of nitrogen functional groups attached to an aromatic ring is 1. The maximum Gasteiger partial charge on any atom is 0.351 e. The molecule has 0 radical (unpaired) electrons. The van der Waals surface area contributed by atoms with Crippen molar-refractivity contribution < 1.29 is 14.9 Å². The standard InChI is InChI=1S/C11H13N3O4/c1-2-6-4-14(11(17)13-9(6)12)10-8(16)3-7(5-15)18-10/h1,4,7-8,10,15-16H,3,5H2,(H2,12,13,17)/t7-,8+,10+/m0/s1. The summed E-state index contributed by atoms with van der Waals surface area (Å²) >= 11 is 0. The summed E-state index contributed by atoms with van der Waals surface area (Å²) in [5.41, 5.74) is 5.07. The van der Waals surface area contributed by atoms with Crippen LogP contribution in [0.5, 0.6) is 0 Å². The molecule has 96 valence electrons. The first-order chi connectivity index (χ1) is 8.56. The lowest BCUT2D eigenvalue weighted by atomic mass is 10.2. The number of rotatable bonds is 2. The molecule has 1 aliphatic rings. The minimum absolute atomic E-state index is 0.0371. The molecule has 4 N–H and O–H groups in total. The second-order valence-corrected chi connectivity index (χ2v) is 4.01. The molecule has 1 aromatic heterocycles. The molecule has 0 amide bonds. The maximum atomic E-state index is 11.7. The van der Waals surface area contributed by atoms with Crippen molar-refractivity contribution in [2.75, 3.05) is 12.3 Å². The van der Waals surface area contributed by atoms with Crippen molar-refractivity contribution in [2.45, 2.75) is 24.9 Å². The predicted molar refractivity (Wildman–Crippen MR) is 62.5 cm³/mol. The van der Waals surface area contributed by atoms with Crippen LogP contribution in [0.25, 0.3) is 0 Å². The summed E-state index contributed by atoms with van der Waals surface area (Å²) in [6, 6.07) is 0. The van der Waals surface area contributed by atoms with Crippen LogP contribution in [-0.4, -0.2) is 38.6 Å². The van der Waals surface area contributed by atoms with E-state index in [-0.39, 0.29) is 24.4 Å². The fourth-order valence-electron chi connectivity index (χ4n) is 1.87. The number of ether oxygens (including phenoxy) is 1. The van der Waals surface area contributed by atoms with E-state index in [0.717, 1.165) is 4.57 Å². The van der Waals surface area contributed by atoms with E-state index in [1.165, 1.54) is 6.20 Å². The predicted octanol–water partition coefficient (Wildman–Crippen LogP) is -1.55. The fourth-order valence-corrected chi connectivity index (χ4v) is 1.87. The van der Waals surface area contributed by atoms with Gasteiger partial charge < -0.3 is 20.7 Å². The first-order valence-corrected chi connectivity index (χ1v) is 5.36. The Morgan fingerprint density at radius 3 is 3.00 bits per heavy atom. The number of terminal acetylenes is 1. The SMILES string of the molecule is C#Cc1cn([C@@H]2O[C@H](CO)C[C@H]2O)c(=O)nc1N. The lowest BCUT2D eigenvalue weighted by Gasteiger charge is -2.17. The zero-order valence-electron chi connectivity index (χ0n) is 9.48. The van der Waals surface area contributed by atoms with Gasteiger partial charge in [0, 0.05) is 12.6 Å². The van der Waals surface area contributed by atoms with E-state index in [1.54, 1.807) is 0 Å². The quantitative estimate of drug-likeness (QED) is 0.549. The largest absolute Gasteiger partial charge is 0.394 e. The van der Waals surface area contributed by atoms with Gasteiger partial charge in [0.05, 0.1) is 18.3 Å². The van der Waals surface area contributed by atoms with E-state index < -0.39 is 24.1 Å². The lowest BCUT2D eigenvalue weighted by molar-refractivity contribution is -0.0529. The molecule has 0 aromatic carbocycles. The van der Waals surface area contributed by atoms with Crippen molar-refractivity contribution >= 4 is 5.82 Å². The Labute approximate surface area is 103 Å². The van der Waals surface area contributed by atoms with Crippen LogP contribution in [0.4, 0.5) is 5.82 Å². The van der Waals surface area contributed by atoms with E-state index in [9.17, 15) is 9.90 Å². The van der Waals surface area contributed by atoms with E-state index in [0.29, 0.717) is 0 Å². The third-order valence-electron chi connectivity index (χ3n) is 2.78. The van der Waals surface area contributed by atoms with Gasteiger partial charge in [0.1, 0.15) is 11.9 Å². The van der Waals surface area contributed by atoms with Crippen molar-refractivity contribution in [3.63, 3.8) is 0 Å². The number of anilines is 1. The van der Waals surface area contributed by atoms with Gasteiger partial charge in [-0.1, -0.05) is 5.92 Å². The molecule has 0 unspecified atom stereocenters. The summed E-state index contributed by atoms with van der Waals surface area (Å²) in [6.45, 7) is -0.229. The molecule has 0 saturated carbocycles. The monoisotopic (exact) mass is 251 g/mol. The van der Waals surface area contributed by atoms with E-state index in [4.69, 9.17) is 22.0 Å². The number of aliphatic hydroxyl groups excluding tert-OH is 2. The Bertz CT molecular complexity index is 548. The van der Waals surface area contributed by atoms with Gasteiger partial charge in [-0.2, -0.15) is 4.98 Å². The Morgan fingerprint density at radius 2 is 2.44 bits per heavy atom. The molecule has 2 heterocycles. The molecule has 1 fully saturated rings. The molecule has 1 saturated heterocycles. The Balaban J connectivity index is 2.40. The van der Waals surface area contributed by atoms with Gasteiger partial charge in [-0.3, -0.25) is 4.57 Å². The number of hydrogen-bond acceptors (Lipinski definition) is 6.